The third kappa shape index (κ3) is 5.07. The number of piperidine rings is 1. The summed E-state index contributed by atoms with van der Waals surface area (Å²) in [5.41, 5.74) is 0.957. The third-order valence-corrected chi connectivity index (χ3v) is 7.42. The summed E-state index contributed by atoms with van der Waals surface area (Å²) in [6.07, 6.45) is 1.01. The molecule has 3 aromatic rings. The van der Waals surface area contributed by atoms with E-state index in [0.29, 0.717) is 36.2 Å². The first-order valence-electron chi connectivity index (χ1n) is 10.7. The van der Waals surface area contributed by atoms with Crippen LogP contribution in [0, 0.1) is 11.8 Å². The number of hydrogen-bond acceptors (Lipinski definition) is 7. The largest absolute Gasteiger partial charge is 0.497 e. The number of hydrogen-bond donors (Lipinski definition) is 1. The minimum atomic E-state index is -3.61. The van der Waals surface area contributed by atoms with Crippen molar-refractivity contribution in [2.45, 2.75) is 25.2 Å². The SMILES string of the molecule is COc1ccc(-c2nnc(NC(=O)c3ccc(S(=O)(=O)N4C[C@H](C)C[C@H](C)C4)cc3)o2)cc1. The lowest BCUT2D eigenvalue weighted by Gasteiger charge is -2.34. The number of ether oxygens (including phenoxy) is 1. The Morgan fingerprint density at radius 2 is 1.67 bits per heavy atom. The van der Waals surface area contributed by atoms with E-state index in [0.717, 1.165) is 6.42 Å². The van der Waals surface area contributed by atoms with Gasteiger partial charge in [-0.15, -0.1) is 5.10 Å². The number of benzene rings is 2. The Bertz CT molecular complexity index is 1210. The van der Waals surface area contributed by atoms with Crippen LogP contribution in [0.4, 0.5) is 6.01 Å². The van der Waals surface area contributed by atoms with Crippen molar-refractivity contribution in [2.75, 3.05) is 25.5 Å². The number of carbonyl (C=O) groups is 1. The second-order valence-corrected chi connectivity index (χ2v) is 10.3. The minimum Gasteiger partial charge on any atom is -0.497 e. The first kappa shape index (κ1) is 22.9. The van der Waals surface area contributed by atoms with Gasteiger partial charge in [0.2, 0.25) is 15.9 Å². The number of methoxy groups -OCH3 is 1. The second kappa shape index (κ2) is 9.32. The van der Waals surface area contributed by atoms with Crippen molar-refractivity contribution in [1.82, 2.24) is 14.5 Å². The summed E-state index contributed by atoms with van der Waals surface area (Å²) >= 11 is 0. The van der Waals surface area contributed by atoms with Crippen molar-refractivity contribution in [3.63, 3.8) is 0 Å². The lowest BCUT2D eigenvalue weighted by molar-refractivity contribution is 0.102. The van der Waals surface area contributed by atoms with Gasteiger partial charge in [0.1, 0.15) is 5.75 Å². The van der Waals surface area contributed by atoms with Crippen LogP contribution in [-0.4, -0.2) is 49.0 Å². The van der Waals surface area contributed by atoms with Gasteiger partial charge in [-0.2, -0.15) is 4.31 Å². The number of nitrogens with one attached hydrogen (secondary N) is 1. The zero-order valence-electron chi connectivity index (χ0n) is 18.7. The molecule has 2 atom stereocenters. The molecule has 1 amide bonds. The fourth-order valence-corrected chi connectivity index (χ4v) is 5.70. The summed E-state index contributed by atoms with van der Waals surface area (Å²) in [5, 5.41) is 10.3. The zero-order valence-corrected chi connectivity index (χ0v) is 19.5. The fraction of sp³-hybridized carbons (Fsp3) is 0.348. The molecule has 1 aliphatic heterocycles. The van der Waals surface area contributed by atoms with Gasteiger partial charge < -0.3 is 9.15 Å². The fourth-order valence-electron chi connectivity index (χ4n) is 4.02. The molecule has 174 valence electrons. The minimum absolute atomic E-state index is 0.0567. The van der Waals surface area contributed by atoms with Gasteiger partial charge in [-0.3, -0.25) is 10.1 Å². The first-order valence-corrected chi connectivity index (χ1v) is 12.1. The van der Waals surface area contributed by atoms with E-state index >= 15 is 0 Å². The highest BCUT2D eigenvalue weighted by molar-refractivity contribution is 7.89. The van der Waals surface area contributed by atoms with Crippen molar-refractivity contribution in [3.05, 3.63) is 54.1 Å². The van der Waals surface area contributed by atoms with E-state index in [-0.39, 0.29) is 22.4 Å². The van der Waals surface area contributed by atoms with Crippen LogP contribution in [0.25, 0.3) is 11.5 Å². The van der Waals surface area contributed by atoms with E-state index in [9.17, 15) is 13.2 Å². The van der Waals surface area contributed by atoms with Gasteiger partial charge in [0.05, 0.1) is 12.0 Å². The van der Waals surface area contributed by atoms with Crippen molar-refractivity contribution < 1.29 is 22.4 Å². The van der Waals surface area contributed by atoms with Gasteiger partial charge in [-0.1, -0.05) is 18.9 Å². The van der Waals surface area contributed by atoms with Crippen molar-refractivity contribution in [1.29, 1.82) is 0 Å². The molecule has 1 saturated heterocycles. The van der Waals surface area contributed by atoms with E-state index in [1.165, 1.54) is 28.6 Å². The van der Waals surface area contributed by atoms with Crippen LogP contribution in [0.15, 0.2) is 57.8 Å². The van der Waals surface area contributed by atoms with Gasteiger partial charge in [0, 0.05) is 24.2 Å². The first-order chi connectivity index (χ1) is 15.8. The average molecular weight is 471 g/mol. The van der Waals surface area contributed by atoms with Gasteiger partial charge in [0.25, 0.3) is 5.91 Å². The van der Waals surface area contributed by atoms with Crippen LogP contribution in [0.3, 0.4) is 0 Å². The number of sulfonamides is 1. The molecule has 1 aromatic heterocycles. The molecule has 2 heterocycles. The van der Waals surface area contributed by atoms with E-state index < -0.39 is 15.9 Å². The quantitative estimate of drug-likeness (QED) is 0.585. The summed E-state index contributed by atoms with van der Waals surface area (Å²) in [7, 11) is -2.03. The third-order valence-electron chi connectivity index (χ3n) is 5.57. The number of nitrogens with zero attached hydrogens (tertiary/aromatic N) is 3. The van der Waals surface area contributed by atoms with E-state index in [4.69, 9.17) is 9.15 Å². The normalized spacial score (nSPS) is 19.2. The Balaban J connectivity index is 1.44. The summed E-state index contributed by atoms with van der Waals surface area (Å²) in [6, 6.07) is 12.8. The van der Waals surface area contributed by atoms with Gasteiger partial charge >= 0.3 is 6.01 Å². The molecule has 1 N–H and O–H groups in total. The van der Waals surface area contributed by atoms with Gasteiger partial charge in [0.15, 0.2) is 0 Å². The Hall–Kier alpha value is -3.24. The van der Waals surface area contributed by atoms with E-state index in [1.54, 1.807) is 31.4 Å². The molecule has 0 aliphatic carbocycles. The molecular formula is C23H26N4O5S. The number of rotatable bonds is 6. The van der Waals surface area contributed by atoms with Crippen molar-refractivity contribution >= 4 is 21.9 Å². The summed E-state index contributed by atoms with van der Waals surface area (Å²) in [6.45, 7) is 5.12. The van der Waals surface area contributed by atoms with Crippen LogP contribution in [-0.2, 0) is 10.0 Å². The van der Waals surface area contributed by atoms with Crippen molar-refractivity contribution in [2.24, 2.45) is 11.8 Å². The summed E-state index contributed by atoms with van der Waals surface area (Å²) in [4.78, 5) is 12.7. The molecule has 0 unspecified atom stereocenters. The van der Waals surface area contributed by atoms with Gasteiger partial charge in [-0.25, -0.2) is 8.42 Å². The Kier molecular flexibility index (Phi) is 6.48. The maximum atomic E-state index is 13.0. The summed E-state index contributed by atoms with van der Waals surface area (Å²) in [5.74, 6) is 1.08. The molecule has 10 heteroatoms. The Morgan fingerprint density at radius 1 is 1.03 bits per heavy atom. The Labute approximate surface area is 192 Å². The molecular weight excluding hydrogens is 444 g/mol. The highest BCUT2D eigenvalue weighted by atomic mass is 32.2. The average Bonchev–Trinajstić information content (AvgIpc) is 3.27. The monoisotopic (exact) mass is 470 g/mol. The number of carbonyl (C=O) groups excluding carboxylic acids is 1. The number of aromatic nitrogens is 2. The molecule has 1 aliphatic rings. The smallest absolute Gasteiger partial charge is 0.322 e. The molecule has 0 bridgehead atoms. The highest BCUT2D eigenvalue weighted by Gasteiger charge is 2.31. The van der Waals surface area contributed by atoms with Crippen molar-refractivity contribution in [3.8, 4) is 17.2 Å². The van der Waals surface area contributed by atoms with Crippen LogP contribution in [0.2, 0.25) is 0 Å². The lowest BCUT2D eigenvalue weighted by Crippen LogP contribution is -2.42. The standard InChI is InChI=1S/C23H26N4O5S/c1-15-12-16(2)14-27(13-15)33(29,30)20-10-6-17(7-11-20)21(28)24-23-26-25-22(32-23)18-4-8-19(31-3)9-5-18/h4-11,15-16H,12-14H2,1-3H3,(H,24,26,28)/t15-,16+. The van der Waals surface area contributed by atoms with Crippen LogP contribution in [0.1, 0.15) is 30.6 Å². The van der Waals surface area contributed by atoms with Crippen LogP contribution < -0.4 is 10.1 Å². The maximum Gasteiger partial charge on any atom is 0.322 e. The van der Waals surface area contributed by atoms with Gasteiger partial charge in [-0.05, 0) is 66.8 Å². The topological polar surface area (TPSA) is 115 Å². The molecule has 33 heavy (non-hydrogen) atoms. The maximum absolute atomic E-state index is 13.0. The lowest BCUT2D eigenvalue weighted by atomic mass is 9.94. The van der Waals surface area contributed by atoms with Crippen LogP contribution >= 0.6 is 0 Å². The zero-order chi connectivity index (χ0) is 23.6. The molecule has 2 aromatic carbocycles. The number of amides is 1. The Morgan fingerprint density at radius 3 is 2.27 bits per heavy atom. The van der Waals surface area contributed by atoms with E-state index in [1.807, 2.05) is 0 Å². The molecule has 1 fully saturated rings. The molecule has 9 nitrogen and oxygen atoms in total. The predicted molar refractivity (Wildman–Crippen MR) is 122 cm³/mol. The van der Waals surface area contributed by atoms with Crippen LogP contribution in [0.5, 0.6) is 5.75 Å². The molecule has 0 spiro atoms. The number of anilines is 1. The molecule has 4 rings (SSSR count). The second-order valence-electron chi connectivity index (χ2n) is 8.39. The molecule has 0 radical (unpaired) electrons. The predicted octanol–water partition coefficient (Wildman–Crippen LogP) is 3.66. The van der Waals surface area contributed by atoms with E-state index in [2.05, 4.69) is 29.4 Å². The summed E-state index contributed by atoms with van der Waals surface area (Å²) < 4.78 is 38.2. The highest BCUT2D eigenvalue weighted by Crippen LogP contribution is 2.27. The molecule has 0 saturated carbocycles.